The molecule has 1 aromatic heterocycles. The van der Waals surface area contributed by atoms with E-state index in [1.807, 2.05) is 0 Å². The minimum atomic E-state index is -1.11. The molecular formula is C10H12N6O3S2. The maximum absolute atomic E-state index is 11.8. The quantitative estimate of drug-likeness (QED) is 0.522. The molecule has 9 nitrogen and oxygen atoms in total. The highest BCUT2D eigenvalue weighted by atomic mass is 32.2. The van der Waals surface area contributed by atoms with Gasteiger partial charge >= 0.3 is 5.97 Å². The molecule has 2 atom stereocenters. The van der Waals surface area contributed by atoms with Crippen molar-refractivity contribution in [3.8, 4) is 0 Å². The van der Waals surface area contributed by atoms with Crippen molar-refractivity contribution in [2.45, 2.75) is 16.6 Å². The van der Waals surface area contributed by atoms with Gasteiger partial charge in [-0.05, 0) is 10.8 Å². The number of rotatable bonds is 4. The molecule has 1 unspecified atom stereocenters. The molecule has 3 heterocycles. The maximum Gasteiger partial charge on any atom is 0.352 e. The van der Waals surface area contributed by atoms with Crippen molar-refractivity contribution in [3.05, 3.63) is 11.3 Å². The standard InChI is InChI=1S/C10H12N6O3S2/c1-15-13-10(12-14-15)21-3-4-2-20-8-5(11)7(17)16(8)6(4)9(18)19/h5,8H,2-3,11H2,1H3,(H,18,19)/t5?,8-/m1/s1. The highest BCUT2D eigenvalue weighted by Gasteiger charge is 2.51. The number of hydrogen-bond donors (Lipinski definition) is 2. The minimum absolute atomic E-state index is 0.0434. The number of aliphatic carboxylic acids is 1. The Kier molecular flexibility index (Phi) is 3.63. The zero-order chi connectivity index (χ0) is 15.1. The minimum Gasteiger partial charge on any atom is -0.477 e. The van der Waals surface area contributed by atoms with Gasteiger partial charge < -0.3 is 10.8 Å². The van der Waals surface area contributed by atoms with Gasteiger partial charge in [0.05, 0.1) is 7.05 Å². The van der Waals surface area contributed by atoms with E-state index in [9.17, 15) is 14.7 Å². The van der Waals surface area contributed by atoms with E-state index in [4.69, 9.17) is 5.73 Å². The Hall–Kier alpha value is -1.59. The molecule has 112 valence electrons. The topological polar surface area (TPSA) is 127 Å². The number of nitrogens with zero attached hydrogens (tertiary/aromatic N) is 5. The molecule has 2 aliphatic heterocycles. The molecule has 1 saturated heterocycles. The van der Waals surface area contributed by atoms with Crippen LogP contribution >= 0.6 is 23.5 Å². The van der Waals surface area contributed by atoms with E-state index in [0.29, 0.717) is 22.2 Å². The van der Waals surface area contributed by atoms with Gasteiger partial charge in [-0.2, -0.15) is 4.80 Å². The first kappa shape index (κ1) is 14.4. The van der Waals surface area contributed by atoms with Crippen LogP contribution in [0, 0.1) is 0 Å². The number of carbonyl (C=O) groups is 2. The van der Waals surface area contributed by atoms with Gasteiger partial charge in [-0.1, -0.05) is 11.8 Å². The van der Waals surface area contributed by atoms with Crippen LogP contribution < -0.4 is 5.73 Å². The molecule has 3 rings (SSSR count). The lowest BCUT2D eigenvalue weighted by Crippen LogP contribution is -2.68. The second-order valence-corrected chi connectivity index (χ2v) is 6.59. The molecule has 0 spiro atoms. The number of carboxylic acid groups (broad SMARTS) is 1. The third kappa shape index (κ3) is 2.40. The van der Waals surface area contributed by atoms with Crippen LogP contribution in [0.15, 0.2) is 16.4 Å². The lowest BCUT2D eigenvalue weighted by molar-refractivity contribution is -0.147. The number of carbonyl (C=O) groups excluding carboxylic acids is 1. The maximum atomic E-state index is 11.8. The van der Waals surface area contributed by atoms with Crippen molar-refractivity contribution in [1.82, 2.24) is 25.1 Å². The Balaban J connectivity index is 1.81. The highest BCUT2D eigenvalue weighted by Crippen LogP contribution is 2.40. The van der Waals surface area contributed by atoms with Crippen LogP contribution in [-0.2, 0) is 16.6 Å². The fraction of sp³-hybridized carbons (Fsp3) is 0.500. The Bertz CT molecular complexity index is 644. The number of carboxylic acids is 1. The fourth-order valence-electron chi connectivity index (χ4n) is 2.17. The summed E-state index contributed by atoms with van der Waals surface area (Å²) < 4.78 is 0. The third-order valence-electron chi connectivity index (χ3n) is 3.16. The van der Waals surface area contributed by atoms with E-state index in [0.717, 1.165) is 0 Å². The summed E-state index contributed by atoms with van der Waals surface area (Å²) in [5.41, 5.74) is 6.40. The Labute approximate surface area is 127 Å². The summed E-state index contributed by atoms with van der Waals surface area (Å²) in [6, 6.07) is -0.611. The van der Waals surface area contributed by atoms with E-state index < -0.39 is 12.0 Å². The first-order chi connectivity index (χ1) is 9.99. The second-order valence-electron chi connectivity index (χ2n) is 4.54. The number of aromatic nitrogens is 4. The van der Waals surface area contributed by atoms with Crippen LogP contribution in [0.2, 0.25) is 0 Å². The molecule has 11 heteroatoms. The fourth-order valence-corrected chi connectivity index (χ4v) is 4.40. The van der Waals surface area contributed by atoms with E-state index in [1.54, 1.807) is 7.05 Å². The van der Waals surface area contributed by atoms with Crippen molar-refractivity contribution in [3.63, 3.8) is 0 Å². The average Bonchev–Trinajstić information content (AvgIpc) is 2.88. The number of tetrazole rings is 1. The molecule has 2 aliphatic rings. The molecule has 0 radical (unpaired) electrons. The molecule has 0 aromatic carbocycles. The molecule has 0 saturated carbocycles. The summed E-state index contributed by atoms with van der Waals surface area (Å²) in [6.07, 6.45) is 0. The van der Waals surface area contributed by atoms with Gasteiger partial charge in [0, 0.05) is 11.5 Å². The molecule has 3 N–H and O–H groups in total. The first-order valence-electron chi connectivity index (χ1n) is 6.01. The van der Waals surface area contributed by atoms with Gasteiger partial charge in [0.1, 0.15) is 17.1 Å². The van der Waals surface area contributed by atoms with Crippen molar-refractivity contribution in [2.24, 2.45) is 12.8 Å². The van der Waals surface area contributed by atoms with E-state index in [2.05, 4.69) is 15.4 Å². The Morgan fingerprint density at radius 3 is 3.00 bits per heavy atom. The van der Waals surface area contributed by atoms with Crippen LogP contribution in [0.3, 0.4) is 0 Å². The van der Waals surface area contributed by atoms with Gasteiger partial charge in [0.25, 0.3) is 0 Å². The first-order valence-corrected chi connectivity index (χ1v) is 8.05. The predicted octanol–water partition coefficient (Wildman–Crippen LogP) is -1.12. The lowest BCUT2D eigenvalue weighted by atomic mass is 10.0. The van der Waals surface area contributed by atoms with E-state index in [1.165, 1.54) is 33.2 Å². The monoisotopic (exact) mass is 328 g/mol. The van der Waals surface area contributed by atoms with Gasteiger partial charge in [0.2, 0.25) is 11.1 Å². The number of hydrogen-bond acceptors (Lipinski definition) is 8. The smallest absolute Gasteiger partial charge is 0.352 e. The van der Waals surface area contributed by atoms with Crippen molar-refractivity contribution in [2.75, 3.05) is 11.5 Å². The summed E-state index contributed by atoms with van der Waals surface area (Å²) in [6.45, 7) is 0. The zero-order valence-electron chi connectivity index (χ0n) is 11.0. The Morgan fingerprint density at radius 1 is 1.62 bits per heavy atom. The average molecular weight is 328 g/mol. The summed E-state index contributed by atoms with van der Waals surface area (Å²) in [7, 11) is 1.65. The predicted molar refractivity (Wildman–Crippen MR) is 75.3 cm³/mol. The van der Waals surface area contributed by atoms with Crippen LogP contribution in [0.25, 0.3) is 0 Å². The molecule has 21 heavy (non-hydrogen) atoms. The molecule has 0 aliphatic carbocycles. The largest absolute Gasteiger partial charge is 0.477 e. The zero-order valence-corrected chi connectivity index (χ0v) is 12.6. The molecular weight excluding hydrogens is 316 g/mol. The SMILES string of the molecule is Cn1nnc(SCC2=C(C(=O)O)N3C(=O)C(N)[C@H]3SC2)n1. The Morgan fingerprint density at radius 2 is 2.38 bits per heavy atom. The van der Waals surface area contributed by atoms with Gasteiger partial charge in [0.15, 0.2) is 0 Å². The molecule has 1 amide bonds. The van der Waals surface area contributed by atoms with Crippen LogP contribution in [0.5, 0.6) is 0 Å². The van der Waals surface area contributed by atoms with Crippen LogP contribution in [0.4, 0.5) is 0 Å². The molecule has 1 aromatic rings. The summed E-state index contributed by atoms with van der Waals surface area (Å²) in [5.74, 6) is -0.531. The number of aryl methyl sites for hydroxylation is 1. The highest BCUT2D eigenvalue weighted by molar-refractivity contribution is 8.01. The number of thioether (sulfide) groups is 2. The molecule has 0 bridgehead atoms. The third-order valence-corrected chi connectivity index (χ3v) is 5.43. The van der Waals surface area contributed by atoms with Crippen molar-refractivity contribution < 1.29 is 14.7 Å². The van der Waals surface area contributed by atoms with Gasteiger partial charge in [-0.15, -0.1) is 22.0 Å². The van der Waals surface area contributed by atoms with E-state index in [-0.39, 0.29) is 17.0 Å². The number of β-lactam (4-membered cyclic amide) rings is 1. The second kappa shape index (κ2) is 5.31. The number of amides is 1. The van der Waals surface area contributed by atoms with Gasteiger partial charge in [-0.3, -0.25) is 9.69 Å². The van der Waals surface area contributed by atoms with Crippen LogP contribution in [-0.4, -0.2) is 65.0 Å². The number of nitrogens with two attached hydrogens (primary N) is 1. The number of fused-ring (bicyclic) bond motifs is 1. The lowest BCUT2D eigenvalue weighted by Gasteiger charge is -2.48. The summed E-state index contributed by atoms with van der Waals surface area (Å²) >= 11 is 2.77. The normalized spacial score (nSPS) is 24.9. The van der Waals surface area contributed by atoms with E-state index >= 15 is 0 Å². The van der Waals surface area contributed by atoms with Gasteiger partial charge in [-0.25, -0.2) is 4.79 Å². The summed E-state index contributed by atoms with van der Waals surface area (Å²) in [5, 5.41) is 21.1. The van der Waals surface area contributed by atoms with Crippen LogP contribution in [0.1, 0.15) is 0 Å². The van der Waals surface area contributed by atoms with Crippen molar-refractivity contribution in [1.29, 1.82) is 0 Å². The summed E-state index contributed by atoms with van der Waals surface area (Å²) in [4.78, 5) is 25.9. The molecule has 1 fully saturated rings. The van der Waals surface area contributed by atoms with Crippen molar-refractivity contribution >= 4 is 35.4 Å².